The van der Waals surface area contributed by atoms with E-state index < -0.39 is 0 Å². The fourth-order valence-electron chi connectivity index (χ4n) is 2.66. The predicted molar refractivity (Wildman–Crippen MR) is 104 cm³/mol. The van der Waals surface area contributed by atoms with E-state index in [1.165, 1.54) is 0 Å². The maximum absolute atomic E-state index is 12.2. The summed E-state index contributed by atoms with van der Waals surface area (Å²) in [6, 6.07) is 17.3. The Bertz CT molecular complexity index is 1050. The number of pyridine rings is 2. The molecule has 0 atom stereocenters. The fraction of sp³-hybridized carbons (Fsp3) is 0.0952. The molecule has 7 heteroatoms. The van der Waals surface area contributed by atoms with Gasteiger partial charge in [0.25, 0.3) is 0 Å². The van der Waals surface area contributed by atoms with Crippen molar-refractivity contribution in [3.05, 3.63) is 79.1 Å². The number of aryl methyl sites for hydroxylation is 1. The number of rotatable bonds is 6. The van der Waals surface area contributed by atoms with E-state index in [4.69, 9.17) is 4.52 Å². The van der Waals surface area contributed by atoms with Crippen LogP contribution in [0.4, 0.5) is 5.82 Å². The molecule has 0 saturated heterocycles. The van der Waals surface area contributed by atoms with Gasteiger partial charge in [-0.1, -0.05) is 35.5 Å². The van der Waals surface area contributed by atoms with Crippen LogP contribution in [0, 0.1) is 0 Å². The third-order valence-corrected chi connectivity index (χ3v) is 4.09. The van der Waals surface area contributed by atoms with E-state index in [0.717, 1.165) is 16.7 Å². The monoisotopic (exact) mass is 371 g/mol. The number of hydrogen-bond acceptors (Lipinski definition) is 6. The summed E-state index contributed by atoms with van der Waals surface area (Å²) < 4.78 is 5.20. The second kappa shape index (κ2) is 8.22. The number of amides is 1. The highest BCUT2D eigenvalue weighted by Crippen LogP contribution is 2.19. The van der Waals surface area contributed by atoms with Crippen LogP contribution in [0.2, 0.25) is 0 Å². The highest BCUT2D eigenvalue weighted by molar-refractivity contribution is 5.90. The lowest BCUT2D eigenvalue weighted by Crippen LogP contribution is -2.13. The van der Waals surface area contributed by atoms with Gasteiger partial charge in [0.15, 0.2) is 0 Å². The molecule has 0 radical (unpaired) electrons. The second-order valence-electron chi connectivity index (χ2n) is 6.10. The van der Waals surface area contributed by atoms with Crippen LogP contribution in [-0.4, -0.2) is 26.0 Å². The SMILES string of the molecule is O=C(CCc1nc(-c2cccnc2)no1)Nc1ccc(-c2ccccc2)cn1. The van der Waals surface area contributed by atoms with Gasteiger partial charge in [-0.2, -0.15) is 4.98 Å². The lowest BCUT2D eigenvalue weighted by Gasteiger charge is -2.05. The fourth-order valence-corrected chi connectivity index (χ4v) is 2.66. The van der Waals surface area contributed by atoms with Crippen molar-refractivity contribution in [1.82, 2.24) is 20.1 Å². The van der Waals surface area contributed by atoms with Crippen molar-refractivity contribution in [3.63, 3.8) is 0 Å². The molecule has 0 unspecified atom stereocenters. The van der Waals surface area contributed by atoms with Crippen molar-refractivity contribution in [2.45, 2.75) is 12.8 Å². The normalized spacial score (nSPS) is 10.6. The summed E-state index contributed by atoms with van der Waals surface area (Å²) in [5.41, 5.74) is 2.84. The molecule has 138 valence electrons. The Hall–Kier alpha value is -3.87. The Labute approximate surface area is 161 Å². The van der Waals surface area contributed by atoms with E-state index in [1.807, 2.05) is 42.5 Å². The van der Waals surface area contributed by atoms with Crippen LogP contribution in [0.15, 0.2) is 77.7 Å². The van der Waals surface area contributed by atoms with E-state index in [1.54, 1.807) is 30.7 Å². The van der Waals surface area contributed by atoms with Gasteiger partial charge in [0.1, 0.15) is 5.82 Å². The Morgan fingerprint density at radius 3 is 2.54 bits per heavy atom. The summed E-state index contributed by atoms with van der Waals surface area (Å²) in [6.07, 6.45) is 5.64. The lowest BCUT2D eigenvalue weighted by atomic mass is 10.1. The molecule has 0 fully saturated rings. The molecule has 3 aromatic heterocycles. The average Bonchev–Trinajstić information content (AvgIpc) is 3.23. The number of hydrogen-bond donors (Lipinski definition) is 1. The maximum atomic E-state index is 12.2. The van der Waals surface area contributed by atoms with Crippen molar-refractivity contribution < 1.29 is 9.32 Å². The van der Waals surface area contributed by atoms with E-state index >= 15 is 0 Å². The number of nitrogens with zero attached hydrogens (tertiary/aromatic N) is 4. The van der Waals surface area contributed by atoms with Gasteiger partial charge < -0.3 is 9.84 Å². The smallest absolute Gasteiger partial charge is 0.227 e. The topological polar surface area (TPSA) is 93.8 Å². The molecular weight excluding hydrogens is 354 g/mol. The van der Waals surface area contributed by atoms with Gasteiger partial charge in [-0.25, -0.2) is 4.98 Å². The van der Waals surface area contributed by atoms with Crippen LogP contribution in [0.25, 0.3) is 22.5 Å². The van der Waals surface area contributed by atoms with Crippen LogP contribution in [-0.2, 0) is 11.2 Å². The third kappa shape index (κ3) is 4.27. The lowest BCUT2D eigenvalue weighted by molar-refractivity contribution is -0.116. The van der Waals surface area contributed by atoms with Crippen molar-refractivity contribution in [2.75, 3.05) is 5.32 Å². The molecule has 0 bridgehead atoms. The molecule has 0 spiro atoms. The molecule has 1 N–H and O–H groups in total. The zero-order valence-electron chi connectivity index (χ0n) is 14.9. The number of carbonyl (C=O) groups is 1. The zero-order chi connectivity index (χ0) is 19.2. The molecule has 0 aliphatic heterocycles. The Morgan fingerprint density at radius 1 is 0.929 bits per heavy atom. The van der Waals surface area contributed by atoms with Gasteiger partial charge in [0.05, 0.1) is 0 Å². The average molecular weight is 371 g/mol. The third-order valence-electron chi connectivity index (χ3n) is 4.09. The molecule has 0 aliphatic carbocycles. The van der Waals surface area contributed by atoms with Gasteiger partial charge in [-0.15, -0.1) is 0 Å². The van der Waals surface area contributed by atoms with Crippen LogP contribution in [0.3, 0.4) is 0 Å². The van der Waals surface area contributed by atoms with E-state index in [2.05, 4.69) is 25.4 Å². The Kier molecular flexibility index (Phi) is 5.15. The first-order valence-corrected chi connectivity index (χ1v) is 8.82. The maximum Gasteiger partial charge on any atom is 0.227 e. The molecular formula is C21H17N5O2. The molecule has 0 saturated carbocycles. The van der Waals surface area contributed by atoms with Crippen molar-refractivity contribution >= 4 is 11.7 Å². The summed E-state index contributed by atoms with van der Waals surface area (Å²) in [6.45, 7) is 0. The van der Waals surface area contributed by atoms with Crippen LogP contribution < -0.4 is 5.32 Å². The van der Waals surface area contributed by atoms with Gasteiger partial charge >= 0.3 is 0 Å². The Balaban J connectivity index is 1.32. The van der Waals surface area contributed by atoms with Gasteiger partial charge in [-0.3, -0.25) is 9.78 Å². The van der Waals surface area contributed by atoms with E-state index in [-0.39, 0.29) is 12.3 Å². The zero-order valence-corrected chi connectivity index (χ0v) is 14.9. The number of nitrogens with one attached hydrogen (secondary N) is 1. The minimum Gasteiger partial charge on any atom is -0.339 e. The summed E-state index contributed by atoms with van der Waals surface area (Å²) in [7, 11) is 0. The first-order valence-electron chi connectivity index (χ1n) is 8.82. The number of carbonyl (C=O) groups excluding carboxylic acids is 1. The van der Waals surface area contributed by atoms with Crippen LogP contribution in [0.1, 0.15) is 12.3 Å². The Morgan fingerprint density at radius 2 is 1.79 bits per heavy atom. The molecule has 7 nitrogen and oxygen atoms in total. The number of anilines is 1. The minimum atomic E-state index is -0.166. The standard InChI is InChI=1S/C21H17N5O2/c27-19(10-11-20-25-21(26-28-20)17-7-4-12-22-13-17)24-18-9-8-16(14-23-18)15-5-2-1-3-6-15/h1-9,12-14H,10-11H2,(H,23,24,27). The molecule has 28 heavy (non-hydrogen) atoms. The van der Waals surface area contributed by atoms with Gasteiger partial charge in [-0.05, 0) is 29.8 Å². The second-order valence-corrected chi connectivity index (χ2v) is 6.10. The number of benzene rings is 1. The summed E-state index contributed by atoms with van der Waals surface area (Å²) >= 11 is 0. The van der Waals surface area contributed by atoms with Crippen LogP contribution in [0.5, 0.6) is 0 Å². The van der Waals surface area contributed by atoms with Crippen molar-refractivity contribution in [3.8, 4) is 22.5 Å². The quantitative estimate of drug-likeness (QED) is 0.554. The van der Waals surface area contributed by atoms with Crippen LogP contribution >= 0.6 is 0 Å². The highest BCUT2D eigenvalue weighted by atomic mass is 16.5. The first kappa shape index (κ1) is 17.5. The van der Waals surface area contributed by atoms with E-state index in [9.17, 15) is 4.79 Å². The molecule has 4 rings (SSSR count). The number of aromatic nitrogens is 4. The van der Waals surface area contributed by atoms with Gasteiger partial charge in [0.2, 0.25) is 17.6 Å². The van der Waals surface area contributed by atoms with Crippen molar-refractivity contribution in [1.29, 1.82) is 0 Å². The molecule has 1 aromatic carbocycles. The highest BCUT2D eigenvalue weighted by Gasteiger charge is 2.11. The van der Waals surface area contributed by atoms with Crippen molar-refractivity contribution in [2.24, 2.45) is 0 Å². The molecule has 4 aromatic rings. The molecule has 1 amide bonds. The predicted octanol–water partition coefficient (Wildman–Crippen LogP) is 3.76. The summed E-state index contributed by atoms with van der Waals surface area (Å²) in [5, 5.41) is 6.70. The largest absolute Gasteiger partial charge is 0.339 e. The summed E-state index contributed by atoms with van der Waals surface area (Å²) in [5.74, 6) is 1.20. The first-order chi connectivity index (χ1) is 13.8. The minimum absolute atomic E-state index is 0.166. The van der Waals surface area contributed by atoms with E-state index in [0.29, 0.717) is 24.0 Å². The summed E-state index contributed by atoms with van der Waals surface area (Å²) in [4.78, 5) is 24.8. The van der Waals surface area contributed by atoms with Gasteiger partial charge in [0, 0.05) is 42.6 Å². The molecule has 0 aliphatic rings. The molecule has 3 heterocycles.